The molecule has 5 heteroatoms. The summed E-state index contributed by atoms with van der Waals surface area (Å²) in [5.74, 6) is 0.0199. The van der Waals surface area contributed by atoms with E-state index in [9.17, 15) is 9.59 Å². The monoisotopic (exact) mass is 468 g/mol. The topological polar surface area (TPSA) is 40.6 Å². The van der Waals surface area contributed by atoms with Crippen LogP contribution in [0.4, 0.5) is 5.69 Å². The fourth-order valence-electron chi connectivity index (χ4n) is 4.57. The van der Waals surface area contributed by atoms with E-state index in [0.717, 1.165) is 53.2 Å². The molecule has 0 atom stereocenters. The van der Waals surface area contributed by atoms with Crippen LogP contribution in [0.5, 0.6) is 0 Å². The van der Waals surface area contributed by atoms with Gasteiger partial charge >= 0.3 is 0 Å². The molecule has 0 aromatic heterocycles. The number of thioether (sulfide) groups is 1. The van der Waals surface area contributed by atoms with Gasteiger partial charge in [0, 0.05) is 23.5 Å². The van der Waals surface area contributed by atoms with E-state index in [1.54, 1.807) is 0 Å². The fourth-order valence-corrected chi connectivity index (χ4v) is 5.61. The first kappa shape index (κ1) is 22.5. The lowest BCUT2D eigenvalue weighted by Gasteiger charge is -2.32. The molecule has 2 amide bonds. The molecule has 1 fully saturated rings. The van der Waals surface area contributed by atoms with Gasteiger partial charge in [0.1, 0.15) is 0 Å². The third-order valence-electron chi connectivity index (χ3n) is 6.34. The van der Waals surface area contributed by atoms with Crippen LogP contribution in [0.25, 0.3) is 6.08 Å². The second-order valence-corrected chi connectivity index (χ2v) is 10.0. The number of hydrogen-bond donors (Lipinski definition) is 0. The molecule has 3 aromatic rings. The lowest BCUT2D eigenvalue weighted by molar-refractivity contribution is -0.114. The third-order valence-corrected chi connectivity index (χ3v) is 7.41. The number of fused-ring (bicyclic) bond motifs is 1. The van der Waals surface area contributed by atoms with Crippen LogP contribution in [-0.4, -0.2) is 29.8 Å². The number of piperidine rings is 1. The van der Waals surface area contributed by atoms with Crippen molar-refractivity contribution in [3.63, 3.8) is 0 Å². The molecular formula is C29H28N2O2S. The number of benzene rings is 3. The summed E-state index contributed by atoms with van der Waals surface area (Å²) >= 11 is 1.48. The van der Waals surface area contributed by atoms with Crippen molar-refractivity contribution in [3.8, 4) is 0 Å². The number of carbonyl (C=O) groups is 2. The number of nitrogens with zero attached hydrogens (tertiary/aromatic N) is 2. The SMILES string of the molecule is Cc1cccc(CN2C(=O)C(=Cc3ccccc3)Sc3ccc(C(=O)N4CCCCC4)cc32)c1. The molecule has 2 aliphatic heterocycles. The van der Waals surface area contributed by atoms with E-state index < -0.39 is 0 Å². The first-order valence-electron chi connectivity index (χ1n) is 11.8. The highest BCUT2D eigenvalue weighted by Gasteiger charge is 2.31. The van der Waals surface area contributed by atoms with Crippen LogP contribution in [0, 0.1) is 6.92 Å². The second-order valence-electron chi connectivity index (χ2n) is 8.94. The van der Waals surface area contributed by atoms with Crippen LogP contribution in [0.2, 0.25) is 0 Å². The molecule has 3 aromatic carbocycles. The minimum absolute atomic E-state index is 0.0366. The summed E-state index contributed by atoms with van der Waals surface area (Å²) in [6.45, 7) is 4.13. The Hall–Kier alpha value is -3.31. The summed E-state index contributed by atoms with van der Waals surface area (Å²) < 4.78 is 0. The quantitative estimate of drug-likeness (QED) is 0.422. The van der Waals surface area contributed by atoms with Crippen LogP contribution in [0.1, 0.15) is 46.3 Å². The molecule has 0 unspecified atom stereocenters. The predicted octanol–water partition coefficient (Wildman–Crippen LogP) is 6.30. The van der Waals surface area contributed by atoms with Crippen molar-refractivity contribution in [1.82, 2.24) is 4.90 Å². The lowest BCUT2D eigenvalue weighted by Crippen LogP contribution is -2.36. The molecule has 2 heterocycles. The summed E-state index contributed by atoms with van der Waals surface area (Å²) in [5.41, 5.74) is 4.68. The summed E-state index contributed by atoms with van der Waals surface area (Å²) in [6, 6.07) is 24.0. The number of likely N-dealkylation sites (tertiary alicyclic amines) is 1. The molecule has 172 valence electrons. The molecule has 34 heavy (non-hydrogen) atoms. The highest BCUT2D eigenvalue weighted by Crippen LogP contribution is 2.43. The van der Waals surface area contributed by atoms with Crippen molar-refractivity contribution in [2.45, 2.75) is 37.6 Å². The van der Waals surface area contributed by atoms with Crippen LogP contribution >= 0.6 is 11.8 Å². The summed E-state index contributed by atoms with van der Waals surface area (Å²) in [5, 5.41) is 0. The highest BCUT2D eigenvalue weighted by atomic mass is 32.2. The molecule has 0 N–H and O–H groups in total. The zero-order valence-electron chi connectivity index (χ0n) is 19.4. The van der Waals surface area contributed by atoms with E-state index in [1.165, 1.54) is 18.2 Å². The molecule has 0 spiro atoms. The van der Waals surface area contributed by atoms with E-state index in [2.05, 4.69) is 19.1 Å². The van der Waals surface area contributed by atoms with Crippen molar-refractivity contribution < 1.29 is 9.59 Å². The first-order valence-corrected chi connectivity index (χ1v) is 12.7. The summed E-state index contributed by atoms with van der Waals surface area (Å²) in [6.07, 6.45) is 5.24. The minimum Gasteiger partial charge on any atom is -0.339 e. The standard InChI is InChI=1S/C29H28N2O2S/c1-21-9-8-12-23(17-21)20-31-25-19-24(28(32)30-15-6-3-7-16-30)13-14-26(25)34-27(29(31)33)18-22-10-4-2-5-11-22/h2,4-5,8-14,17-19H,3,6-7,15-16,20H2,1H3. The lowest BCUT2D eigenvalue weighted by atomic mass is 10.1. The average Bonchev–Trinajstić information content (AvgIpc) is 2.87. The zero-order chi connectivity index (χ0) is 23.5. The van der Waals surface area contributed by atoms with Gasteiger partial charge in [-0.05, 0) is 61.6 Å². The zero-order valence-corrected chi connectivity index (χ0v) is 20.2. The van der Waals surface area contributed by atoms with Gasteiger partial charge < -0.3 is 9.80 Å². The van der Waals surface area contributed by atoms with Crippen molar-refractivity contribution >= 4 is 35.3 Å². The molecule has 5 rings (SSSR count). The van der Waals surface area contributed by atoms with Crippen LogP contribution in [-0.2, 0) is 11.3 Å². The Balaban J connectivity index is 1.53. The largest absolute Gasteiger partial charge is 0.339 e. The molecule has 1 saturated heterocycles. The maximum Gasteiger partial charge on any atom is 0.265 e. The molecule has 4 nitrogen and oxygen atoms in total. The Morgan fingerprint density at radius 1 is 0.941 bits per heavy atom. The number of anilines is 1. The molecule has 2 aliphatic rings. The number of rotatable bonds is 4. The molecule has 0 aliphatic carbocycles. The van der Waals surface area contributed by atoms with Gasteiger partial charge in [0.05, 0.1) is 17.1 Å². The van der Waals surface area contributed by atoms with E-state index in [1.807, 2.05) is 76.5 Å². The van der Waals surface area contributed by atoms with Crippen molar-refractivity contribution in [3.05, 3.63) is 100.0 Å². The fraction of sp³-hybridized carbons (Fsp3) is 0.241. The molecule has 0 bridgehead atoms. The van der Waals surface area contributed by atoms with Crippen molar-refractivity contribution in [2.24, 2.45) is 0 Å². The van der Waals surface area contributed by atoms with Gasteiger partial charge in [-0.25, -0.2) is 0 Å². The smallest absolute Gasteiger partial charge is 0.265 e. The van der Waals surface area contributed by atoms with Gasteiger partial charge in [-0.1, -0.05) is 71.9 Å². The van der Waals surface area contributed by atoms with Gasteiger partial charge in [-0.2, -0.15) is 0 Å². The Morgan fingerprint density at radius 2 is 1.74 bits per heavy atom. The third kappa shape index (κ3) is 4.80. The second kappa shape index (κ2) is 9.90. The van der Waals surface area contributed by atoms with Gasteiger partial charge in [-0.15, -0.1) is 0 Å². The predicted molar refractivity (Wildman–Crippen MR) is 139 cm³/mol. The van der Waals surface area contributed by atoms with Gasteiger partial charge in [-0.3, -0.25) is 9.59 Å². The average molecular weight is 469 g/mol. The van der Waals surface area contributed by atoms with Crippen molar-refractivity contribution in [1.29, 1.82) is 0 Å². The van der Waals surface area contributed by atoms with Crippen LogP contribution in [0.3, 0.4) is 0 Å². The Labute approximate surface area is 205 Å². The molecule has 0 saturated carbocycles. The van der Waals surface area contributed by atoms with Crippen molar-refractivity contribution in [2.75, 3.05) is 18.0 Å². The Bertz CT molecular complexity index is 1250. The van der Waals surface area contributed by atoms with Crippen LogP contribution < -0.4 is 4.90 Å². The molecular weight excluding hydrogens is 440 g/mol. The summed E-state index contributed by atoms with van der Waals surface area (Å²) in [7, 11) is 0. The maximum atomic E-state index is 13.7. The number of amides is 2. The number of aryl methyl sites for hydroxylation is 1. The number of carbonyl (C=O) groups excluding carboxylic acids is 2. The van der Waals surface area contributed by atoms with Gasteiger partial charge in [0.15, 0.2) is 0 Å². The van der Waals surface area contributed by atoms with E-state index in [4.69, 9.17) is 0 Å². The summed E-state index contributed by atoms with van der Waals surface area (Å²) in [4.78, 5) is 32.3. The highest BCUT2D eigenvalue weighted by molar-refractivity contribution is 8.04. The van der Waals surface area contributed by atoms with E-state index in [0.29, 0.717) is 17.0 Å². The normalized spacial score (nSPS) is 17.1. The molecule has 0 radical (unpaired) electrons. The van der Waals surface area contributed by atoms with Gasteiger partial charge in [0.2, 0.25) is 0 Å². The Morgan fingerprint density at radius 3 is 2.50 bits per heavy atom. The van der Waals surface area contributed by atoms with Crippen LogP contribution in [0.15, 0.2) is 82.6 Å². The minimum atomic E-state index is -0.0366. The maximum absolute atomic E-state index is 13.7. The van der Waals surface area contributed by atoms with E-state index in [-0.39, 0.29) is 11.8 Å². The van der Waals surface area contributed by atoms with Gasteiger partial charge in [0.25, 0.3) is 11.8 Å². The first-order chi connectivity index (χ1) is 16.6. The number of hydrogen-bond acceptors (Lipinski definition) is 3. The Kier molecular flexibility index (Phi) is 6.54. The van der Waals surface area contributed by atoms with E-state index >= 15 is 0 Å².